The molecule has 0 fully saturated rings. The van der Waals surface area contributed by atoms with Gasteiger partial charge in [0.2, 0.25) is 10.0 Å². The van der Waals surface area contributed by atoms with Gasteiger partial charge in [0, 0.05) is 6.54 Å². The molecule has 1 amide bonds. The lowest BCUT2D eigenvalue weighted by Crippen LogP contribution is -2.29. The van der Waals surface area contributed by atoms with Crippen LogP contribution >= 0.6 is 0 Å². The fourth-order valence-corrected chi connectivity index (χ4v) is 2.37. The van der Waals surface area contributed by atoms with E-state index in [0.717, 1.165) is 31.0 Å². The number of ether oxygens (including phenoxy) is 1. The molecule has 2 N–H and O–H groups in total. The Morgan fingerprint density at radius 3 is 2.61 bits per heavy atom. The Labute approximate surface area is 134 Å². The van der Waals surface area contributed by atoms with Crippen LogP contribution in [0.4, 0.5) is 4.39 Å². The normalized spacial score (nSPS) is 11.1. The fourth-order valence-electron chi connectivity index (χ4n) is 1.61. The van der Waals surface area contributed by atoms with Crippen molar-refractivity contribution in [2.45, 2.75) is 24.7 Å². The van der Waals surface area contributed by atoms with Gasteiger partial charge in [-0.3, -0.25) is 4.79 Å². The number of nitrogens with one attached hydrogen (secondary N) is 2. The van der Waals surface area contributed by atoms with Crippen molar-refractivity contribution in [3.8, 4) is 0 Å². The molecule has 0 saturated heterocycles. The lowest BCUT2D eigenvalue weighted by Gasteiger charge is -2.08. The van der Waals surface area contributed by atoms with Gasteiger partial charge in [-0.05, 0) is 31.7 Å². The molecule has 0 unspecified atom stereocenters. The summed E-state index contributed by atoms with van der Waals surface area (Å²) in [7, 11) is -2.63. The molecule has 9 heteroatoms. The maximum absolute atomic E-state index is 13.7. The number of halogens is 1. The van der Waals surface area contributed by atoms with Crippen LogP contribution in [0.5, 0.6) is 0 Å². The van der Waals surface area contributed by atoms with Crippen LogP contribution in [0.25, 0.3) is 0 Å². The first-order chi connectivity index (χ1) is 10.8. The summed E-state index contributed by atoms with van der Waals surface area (Å²) in [6.07, 6.45) is 1.69. The van der Waals surface area contributed by atoms with Crippen molar-refractivity contribution < 1.29 is 27.1 Å². The van der Waals surface area contributed by atoms with Crippen molar-refractivity contribution in [3.05, 3.63) is 29.6 Å². The Bertz CT molecular complexity index is 676. The number of amides is 1. The predicted molar refractivity (Wildman–Crippen MR) is 80.8 cm³/mol. The molecule has 1 aromatic rings. The topological polar surface area (TPSA) is 102 Å². The van der Waals surface area contributed by atoms with Crippen LogP contribution in [-0.2, 0) is 19.6 Å². The molecule has 1 rings (SSSR count). The minimum Gasteiger partial charge on any atom is -0.452 e. The summed E-state index contributed by atoms with van der Waals surface area (Å²) in [4.78, 5) is 23.0. The quantitative estimate of drug-likeness (QED) is 0.536. The van der Waals surface area contributed by atoms with E-state index in [1.807, 2.05) is 6.92 Å². The molecule has 1 aromatic carbocycles. The van der Waals surface area contributed by atoms with Gasteiger partial charge in [0.15, 0.2) is 6.61 Å². The summed E-state index contributed by atoms with van der Waals surface area (Å²) in [5, 5.41) is 2.53. The second-order valence-electron chi connectivity index (χ2n) is 4.63. The first kappa shape index (κ1) is 19.0. The molecular formula is C14H19FN2O5S. The number of carbonyl (C=O) groups excluding carboxylic acids is 2. The van der Waals surface area contributed by atoms with Crippen molar-refractivity contribution in [2.75, 3.05) is 20.2 Å². The van der Waals surface area contributed by atoms with Crippen LogP contribution in [0.1, 0.15) is 30.1 Å². The van der Waals surface area contributed by atoms with Crippen LogP contribution in [0.2, 0.25) is 0 Å². The molecule has 0 spiro atoms. The molecule has 0 aliphatic carbocycles. The van der Waals surface area contributed by atoms with E-state index in [1.54, 1.807) is 0 Å². The van der Waals surface area contributed by atoms with E-state index < -0.39 is 39.9 Å². The van der Waals surface area contributed by atoms with Crippen LogP contribution < -0.4 is 10.0 Å². The van der Waals surface area contributed by atoms with Crippen molar-refractivity contribution >= 4 is 21.9 Å². The highest BCUT2D eigenvalue weighted by Crippen LogP contribution is 2.15. The number of hydrogen-bond acceptors (Lipinski definition) is 5. The van der Waals surface area contributed by atoms with Crippen LogP contribution in [0.15, 0.2) is 23.1 Å². The van der Waals surface area contributed by atoms with E-state index in [4.69, 9.17) is 4.74 Å². The van der Waals surface area contributed by atoms with Gasteiger partial charge in [-0.1, -0.05) is 13.3 Å². The van der Waals surface area contributed by atoms with Gasteiger partial charge in [0.05, 0.1) is 10.5 Å². The van der Waals surface area contributed by atoms with Crippen molar-refractivity contribution in [1.82, 2.24) is 10.0 Å². The molecular weight excluding hydrogens is 327 g/mol. The molecule has 0 saturated carbocycles. The summed E-state index contributed by atoms with van der Waals surface area (Å²) in [6, 6.07) is 2.73. The highest BCUT2D eigenvalue weighted by Gasteiger charge is 2.19. The molecule has 0 heterocycles. The smallest absolute Gasteiger partial charge is 0.341 e. The van der Waals surface area contributed by atoms with Gasteiger partial charge < -0.3 is 10.1 Å². The van der Waals surface area contributed by atoms with Gasteiger partial charge in [-0.2, -0.15) is 0 Å². The highest BCUT2D eigenvalue weighted by molar-refractivity contribution is 7.89. The number of unbranched alkanes of at least 4 members (excludes halogenated alkanes) is 1. The Morgan fingerprint density at radius 2 is 2.00 bits per heavy atom. The maximum atomic E-state index is 13.7. The van der Waals surface area contributed by atoms with Gasteiger partial charge >= 0.3 is 5.97 Å². The standard InChI is InChI=1S/C14H19FN2O5S/c1-3-4-7-17-13(18)9-22-14(19)11-8-10(5-6-12(11)15)23(20,21)16-2/h5-6,8,16H,3-4,7,9H2,1-2H3,(H,17,18). The zero-order valence-corrected chi connectivity index (χ0v) is 13.7. The lowest BCUT2D eigenvalue weighted by atomic mass is 10.2. The monoisotopic (exact) mass is 346 g/mol. The van der Waals surface area contributed by atoms with E-state index in [2.05, 4.69) is 10.0 Å². The number of sulfonamides is 1. The molecule has 0 atom stereocenters. The molecule has 128 valence electrons. The Morgan fingerprint density at radius 1 is 1.30 bits per heavy atom. The van der Waals surface area contributed by atoms with E-state index in [9.17, 15) is 22.4 Å². The van der Waals surface area contributed by atoms with E-state index >= 15 is 0 Å². The molecule has 0 aliphatic rings. The third-order valence-electron chi connectivity index (χ3n) is 2.92. The predicted octanol–water partition coefficient (Wildman–Crippen LogP) is 0.807. The molecule has 0 aromatic heterocycles. The van der Waals surface area contributed by atoms with Crippen molar-refractivity contribution in [2.24, 2.45) is 0 Å². The van der Waals surface area contributed by atoms with Crippen LogP contribution in [0.3, 0.4) is 0 Å². The first-order valence-electron chi connectivity index (χ1n) is 6.98. The summed E-state index contributed by atoms with van der Waals surface area (Å²) in [5.74, 6) is -2.55. The third-order valence-corrected chi connectivity index (χ3v) is 4.34. The average molecular weight is 346 g/mol. The van der Waals surface area contributed by atoms with Crippen molar-refractivity contribution in [1.29, 1.82) is 0 Å². The zero-order chi connectivity index (χ0) is 17.5. The van der Waals surface area contributed by atoms with Gasteiger partial charge in [0.1, 0.15) is 5.82 Å². The Hall–Kier alpha value is -2.00. The number of carbonyl (C=O) groups is 2. The SMILES string of the molecule is CCCCNC(=O)COC(=O)c1cc(S(=O)(=O)NC)ccc1F. The molecule has 0 aliphatic heterocycles. The summed E-state index contributed by atoms with van der Waals surface area (Å²) >= 11 is 0. The Kier molecular flexibility index (Phi) is 7.11. The van der Waals surface area contributed by atoms with Gasteiger partial charge in [-0.25, -0.2) is 22.3 Å². The van der Waals surface area contributed by atoms with Crippen molar-refractivity contribution in [3.63, 3.8) is 0 Å². The third kappa shape index (κ3) is 5.61. The molecule has 0 bridgehead atoms. The van der Waals surface area contributed by atoms with Gasteiger partial charge in [-0.15, -0.1) is 0 Å². The second-order valence-corrected chi connectivity index (χ2v) is 6.52. The van der Waals surface area contributed by atoms with Crippen LogP contribution in [-0.4, -0.2) is 40.5 Å². The molecule has 23 heavy (non-hydrogen) atoms. The largest absolute Gasteiger partial charge is 0.452 e. The second kappa shape index (κ2) is 8.59. The lowest BCUT2D eigenvalue weighted by molar-refractivity contribution is -0.124. The van der Waals surface area contributed by atoms with E-state index in [0.29, 0.717) is 6.54 Å². The number of rotatable bonds is 8. The number of hydrogen-bond donors (Lipinski definition) is 2. The fraction of sp³-hybridized carbons (Fsp3) is 0.429. The van der Waals surface area contributed by atoms with E-state index in [-0.39, 0.29) is 4.90 Å². The number of esters is 1. The zero-order valence-electron chi connectivity index (χ0n) is 12.9. The number of benzene rings is 1. The summed E-state index contributed by atoms with van der Waals surface area (Å²) in [6.45, 7) is 1.85. The maximum Gasteiger partial charge on any atom is 0.341 e. The molecule has 7 nitrogen and oxygen atoms in total. The minimum absolute atomic E-state index is 0.277. The Balaban J connectivity index is 2.76. The molecule has 0 radical (unpaired) electrons. The summed E-state index contributed by atoms with van der Waals surface area (Å²) < 4.78 is 43.7. The first-order valence-corrected chi connectivity index (χ1v) is 8.47. The highest BCUT2D eigenvalue weighted by atomic mass is 32.2. The van der Waals surface area contributed by atoms with Gasteiger partial charge in [0.25, 0.3) is 5.91 Å². The summed E-state index contributed by atoms with van der Waals surface area (Å²) in [5.41, 5.74) is -0.553. The average Bonchev–Trinajstić information content (AvgIpc) is 2.53. The van der Waals surface area contributed by atoms with Crippen LogP contribution in [0, 0.1) is 5.82 Å². The minimum atomic E-state index is -3.82. The van der Waals surface area contributed by atoms with E-state index in [1.165, 1.54) is 7.05 Å².